The molecule has 31 heavy (non-hydrogen) atoms. The first-order valence-corrected chi connectivity index (χ1v) is 12.4. The van der Waals surface area contributed by atoms with Crippen molar-refractivity contribution in [1.82, 2.24) is 4.98 Å². The molecule has 16 heteroatoms. The Hall–Kier alpha value is -0.750. The number of halogens is 4. The molecule has 0 amide bonds. The second-order valence-corrected chi connectivity index (χ2v) is 8.89. The summed E-state index contributed by atoms with van der Waals surface area (Å²) >= 11 is 5.81. The van der Waals surface area contributed by atoms with Crippen molar-refractivity contribution >= 4 is 33.1 Å². The largest absolute Gasteiger partial charge is 0.478 e. The van der Waals surface area contributed by atoms with Gasteiger partial charge in [-0.05, 0) is 33.8 Å². The van der Waals surface area contributed by atoms with Crippen molar-refractivity contribution in [2.75, 3.05) is 31.7 Å². The molecule has 1 heterocycles. The third kappa shape index (κ3) is 8.95. The number of hydrogen-bond acceptors (Lipinski definition) is 10. The summed E-state index contributed by atoms with van der Waals surface area (Å²) in [5, 5.41) is 1.42. The molecule has 0 spiro atoms. The van der Waals surface area contributed by atoms with Gasteiger partial charge in [0.15, 0.2) is 0 Å². The van der Waals surface area contributed by atoms with E-state index in [1.54, 1.807) is 0 Å². The molecule has 0 aromatic carbocycles. The number of phosphoric ester groups is 2. The van der Waals surface area contributed by atoms with Gasteiger partial charge >= 0.3 is 21.8 Å². The van der Waals surface area contributed by atoms with Crippen molar-refractivity contribution < 1.29 is 49.4 Å². The summed E-state index contributed by atoms with van der Waals surface area (Å²) in [5.41, 5.74) is -1.21. The van der Waals surface area contributed by atoms with Gasteiger partial charge in [-0.1, -0.05) is 11.6 Å². The minimum atomic E-state index is -4.79. The fourth-order valence-corrected chi connectivity index (χ4v) is 4.67. The molecule has 0 aliphatic rings. The standard InChI is InChI=1S/C15H24ClF3N2O8P2/c1-5-24-30(22,25-6-2)28-14(29-31(23,26-7-3)27-8-4)21-13-12(16)11(9-10-20-13)15(17,18)19/h9-10,14H,5-8H2,1-4H3,(H,20,21). The highest BCUT2D eigenvalue weighted by atomic mass is 35.5. The molecule has 0 saturated heterocycles. The van der Waals surface area contributed by atoms with Gasteiger partial charge in [0.1, 0.15) is 5.82 Å². The van der Waals surface area contributed by atoms with Crippen molar-refractivity contribution in [3.05, 3.63) is 22.8 Å². The van der Waals surface area contributed by atoms with Crippen molar-refractivity contribution in [1.29, 1.82) is 0 Å². The van der Waals surface area contributed by atoms with Crippen LogP contribution < -0.4 is 5.32 Å². The average molecular weight is 515 g/mol. The Morgan fingerprint density at radius 3 is 1.74 bits per heavy atom. The molecule has 180 valence electrons. The minimum Gasteiger partial charge on any atom is -0.320 e. The maximum Gasteiger partial charge on any atom is 0.478 e. The van der Waals surface area contributed by atoms with E-state index in [2.05, 4.69) is 10.3 Å². The van der Waals surface area contributed by atoms with Crippen molar-refractivity contribution in [2.24, 2.45) is 0 Å². The summed E-state index contributed by atoms with van der Waals surface area (Å²) in [6.45, 7) is 5.54. The lowest BCUT2D eigenvalue weighted by Crippen LogP contribution is -2.27. The lowest BCUT2D eigenvalue weighted by Gasteiger charge is -2.27. The van der Waals surface area contributed by atoms with Crippen LogP contribution in [0.5, 0.6) is 0 Å². The number of rotatable bonds is 14. The van der Waals surface area contributed by atoms with Crippen LogP contribution in [0, 0.1) is 0 Å². The van der Waals surface area contributed by atoms with E-state index in [-0.39, 0.29) is 26.4 Å². The van der Waals surface area contributed by atoms with Gasteiger partial charge in [0.05, 0.1) is 37.0 Å². The Balaban J connectivity index is 3.33. The number of phosphoric acid groups is 2. The van der Waals surface area contributed by atoms with E-state index in [1.807, 2.05) is 0 Å². The van der Waals surface area contributed by atoms with Crippen LogP contribution in [0.2, 0.25) is 5.02 Å². The van der Waals surface area contributed by atoms with Crippen LogP contribution >= 0.6 is 27.2 Å². The van der Waals surface area contributed by atoms with E-state index in [9.17, 15) is 22.3 Å². The summed E-state index contributed by atoms with van der Waals surface area (Å²) < 4.78 is 95.1. The first kappa shape index (κ1) is 28.3. The van der Waals surface area contributed by atoms with Crippen molar-refractivity contribution in [3.63, 3.8) is 0 Å². The first-order valence-electron chi connectivity index (χ1n) is 9.06. The molecular formula is C15H24ClF3N2O8P2. The lowest BCUT2D eigenvalue weighted by molar-refractivity contribution is -0.137. The molecular weight excluding hydrogens is 491 g/mol. The second-order valence-electron chi connectivity index (χ2n) is 5.27. The summed E-state index contributed by atoms with van der Waals surface area (Å²) in [6.07, 6.45) is -5.98. The third-order valence-corrected chi connectivity index (χ3v) is 6.63. The highest BCUT2D eigenvalue weighted by Crippen LogP contribution is 2.55. The zero-order chi connectivity index (χ0) is 23.7. The van der Waals surface area contributed by atoms with Crippen molar-refractivity contribution in [2.45, 2.75) is 40.3 Å². The van der Waals surface area contributed by atoms with Crippen LogP contribution in [0.15, 0.2) is 12.3 Å². The fraction of sp³-hybridized carbons (Fsp3) is 0.667. The Morgan fingerprint density at radius 2 is 1.39 bits per heavy atom. The van der Waals surface area contributed by atoms with E-state index < -0.39 is 44.6 Å². The molecule has 1 N–H and O–H groups in total. The smallest absolute Gasteiger partial charge is 0.320 e. The maximum absolute atomic E-state index is 13.1. The van der Waals surface area contributed by atoms with Crippen LogP contribution in [0.1, 0.15) is 33.3 Å². The monoisotopic (exact) mass is 514 g/mol. The fourth-order valence-electron chi connectivity index (χ4n) is 2.01. The Labute approximate surface area is 182 Å². The molecule has 1 rings (SSSR count). The van der Waals surface area contributed by atoms with Crippen LogP contribution in [0.25, 0.3) is 0 Å². The predicted octanol–water partition coefficient (Wildman–Crippen LogP) is 5.84. The SMILES string of the molecule is CCOP(=O)(OCC)OC(Nc1nccc(C(F)(F)F)c1Cl)OP(=O)(OCC)OCC. The lowest BCUT2D eigenvalue weighted by atomic mass is 10.2. The van der Waals surface area contributed by atoms with Gasteiger partial charge in [-0.15, -0.1) is 0 Å². The average Bonchev–Trinajstić information content (AvgIpc) is 2.62. The number of anilines is 1. The highest BCUT2D eigenvalue weighted by molar-refractivity contribution is 7.49. The van der Waals surface area contributed by atoms with E-state index >= 15 is 0 Å². The number of nitrogens with zero attached hydrogens (tertiary/aromatic N) is 1. The molecule has 0 unspecified atom stereocenters. The number of hydrogen-bond donors (Lipinski definition) is 1. The summed E-state index contributed by atoms with van der Waals surface area (Å²) in [6, 6.07) is 0.654. The zero-order valence-corrected chi connectivity index (χ0v) is 19.7. The van der Waals surface area contributed by atoms with E-state index in [0.717, 1.165) is 6.20 Å². The van der Waals surface area contributed by atoms with Gasteiger partial charge in [0, 0.05) is 6.20 Å². The normalized spacial score (nSPS) is 13.1. The number of aromatic nitrogens is 1. The number of nitrogens with one attached hydrogen (secondary N) is 1. The second kappa shape index (κ2) is 12.5. The summed E-state index contributed by atoms with van der Waals surface area (Å²) in [7, 11) is -8.62. The number of alkyl halides is 3. The van der Waals surface area contributed by atoms with Gasteiger partial charge in [0.2, 0.25) is 0 Å². The van der Waals surface area contributed by atoms with E-state index in [1.165, 1.54) is 27.7 Å². The third-order valence-electron chi connectivity index (χ3n) is 3.05. The van der Waals surface area contributed by atoms with Crippen LogP contribution in [0.4, 0.5) is 19.0 Å². The Kier molecular flexibility index (Phi) is 11.4. The molecule has 1 aromatic heterocycles. The molecule has 0 fully saturated rings. The summed E-state index contributed by atoms with van der Waals surface area (Å²) in [5.74, 6) is -0.569. The van der Waals surface area contributed by atoms with Gasteiger partial charge < -0.3 is 5.32 Å². The summed E-state index contributed by atoms with van der Waals surface area (Å²) in [4.78, 5) is 3.69. The molecule has 0 bridgehead atoms. The van der Waals surface area contributed by atoms with Crippen LogP contribution in [0.3, 0.4) is 0 Å². The topological polar surface area (TPSA) is 114 Å². The maximum atomic E-state index is 13.1. The quantitative estimate of drug-likeness (QED) is 0.240. The minimum absolute atomic E-state index is 0.110. The molecule has 0 aliphatic carbocycles. The van der Waals surface area contributed by atoms with Gasteiger partial charge in [0.25, 0.3) is 6.41 Å². The first-order chi connectivity index (χ1) is 14.4. The zero-order valence-electron chi connectivity index (χ0n) is 17.2. The highest BCUT2D eigenvalue weighted by Gasteiger charge is 2.39. The van der Waals surface area contributed by atoms with Crippen LogP contribution in [-0.4, -0.2) is 37.8 Å². The van der Waals surface area contributed by atoms with Gasteiger partial charge in [-0.2, -0.15) is 13.2 Å². The van der Waals surface area contributed by atoms with E-state index in [4.69, 9.17) is 38.7 Å². The molecule has 0 saturated carbocycles. The molecule has 0 aliphatic heterocycles. The molecule has 0 atom stereocenters. The van der Waals surface area contributed by atoms with Gasteiger partial charge in [-0.3, -0.25) is 18.1 Å². The van der Waals surface area contributed by atoms with E-state index in [0.29, 0.717) is 6.07 Å². The Morgan fingerprint density at radius 1 is 0.968 bits per heavy atom. The Bertz CT molecular complexity index is 750. The van der Waals surface area contributed by atoms with Crippen LogP contribution in [-0.2, 0) is 42.4 Å². The predicted molar refractivity (Wildman–Crippen MR) is 106 cm³/mol. The molecule has 0 radical (unpaired) electrons. The van der Waals surface area contributed by atoms with Crippen molar-refractivity contribution in [3.8, 4) is 0 Å². The number of pyridine rings is 1. The van der Waals surface area contributed by atoms with Gasteiger partial charge in [-0.25, -0.2) is 23.2 Å². The molecule has 10 nitrogen and oxygen atoms in total. The molecule has 1 aromatic rings.